The molecule has 0 saturated carbocycles. The monoisotopic (exact) mass is 346 g/mol. The molecule has 1 aromatic heterocycles. The molecule has 134 valence electrons. The maximum atomic E-state index is 12.9. The molecular weight excluding hydrogens is 323 g/mol. The summed E-state index contributed by atoms with van der Waals surface area (Å²) in [5.41, 5.74) is 1.78. The number of benzene rings is 1. The predicted molar refractivity (Wildman–Crippen MR) is 93.5 cm³/mol. The van der Waals surface area contributed by atoms with Crippen molar-refractivity contribution in [2.24, 2.45) is 0 Å². The van der Waals surface area contributed by atoms with Crippen LogP contribution in [0.1, 0.15) is 41.4 Å². The Morgan fingerprint density at radius 3 is 2.60 bits per heavy atom. The van der Waals surface area contributed by atoms with Gasteiger partial charge in [0.2, 0.25) is 0 Å². The second kappa shape index (κ2) is 9.01. The first kappa shape index (κ1) is 18.7. The molecule has 2 aromatic rings. The third kappa shape index (κ3) is 4.92. The number of halogens is 1. The summed E-state index contributed by atoms with van der Waals surface area (Å²) in [5.74, 6) is 0.237. The lowest BCUT2D eigenvalue weighted by atomic mass is 10.1. The highest BCUT2D eigenvalue weighted by molar-refractivity contribution is 5.97. The van der Waals surface area contributed by atoms with Gasteiger partial charge in [0.25, 0.3) is 5.91 Å². The van der Waals surface area contributed by atoms with E-state index in [0.29, 0.717) is 29.4 Å². The molecule has 0 fully saturated rings. The summed E-state index contributed by atoms with van der Waals surface area (Å²) in [6, 6.07) is 5.97. The van der Waals surface area contributed by atoms with E-state index in [0.717, 1.165) is 18.4 Å². The Morgan fingerprint density at radius 1 is 1.24 bits per heavy atom. The lowest BCUT2D eigenvalue weighted by Crippen LogP contribution is -2.24. The Labute approximate surface area is 147 Å². The van der Waals surface area contributed by atoms with Gasteiger partial charge in [-0.05, 0) is 31.0 Å². The summed E-state index contributed by atoms with van der Waals surface area (Å²) < 4.78 is 24.1. The lowest BCUT2D eigenvalue weighted by molar-refractivity contribution is 0.0945. The summed E-state index contributed by atoms with van der Waals surface area (Å²) >= 11 is 0. The summed E-state index contributed by atoms with van der Waals surface area (Å²) in [6.45, 7) is 4.64. The Morgan fingerprint density at radius 2 is 1.96 bits per heavy atom. The van der Waals surface area contributed by atoms with Gasteiger partial charge in [0.05, 0.1) is 19.4 Å². The van der Waals surface area contributed by atoms with Crippen molar-refractivity contribution in [2.45, 2.75) is 33.2 Å². The number of rotatable bonds is 8. The minimum absolute atomic E-state index is 0.281. The number of nitrogens with one attached hydrogen (secondary N) is 1. The van der Waals surface area contributed by atoms with E-state index in [2.05, 4.69) is 17.2 Å². The highest BCUT2D eigenvalue weighted by Crippen LogP contribution is 2.33. The van der Waals surface area contributed by atoms with E-state index in [1.807, 2.05) is 0 Å². The van der Waals surface area contributed by atoms with Crippen LogP contribution in [0.25, 0.3) is 0 Å². The first-order chi connectivity index (χ1) is 12.1. The highest BCUT2D eigenvalue weighted by atomic mass is 19.1. The van der Waals surface area contributed by atoms with Crippen molar-refractivity contribution in [1.82, 2.24) is 10.3 Å². The van der Waals surface area contributed by atoms with E-state index in [-0.39, 0.29) is 18.3 Å². The molecule has 0 atom stereocenters. The quantitative estimate of drug-likeness (QED) is 0.741. The molecule has 0 bridgehead atoms. The molecule has 2 rings (SSSR count). The maximum absolute atomic E-state index is 12.9. The van der Waals surface area contributed by atoms with Crippen LogP contribution in [0.3, 0.4) is 0 Å². The van der Waals surface area contributed by atoms with Gasteiger partial charge in [0.15, 0.2) is 11.5 Å². The zero-order chi connectivity index (χ0) is 18.2. The van der Waals surface area contributed by atoms with E-state index < -0.39 is 0 Å². The smallest absolute Gasteiger partial charge is 0.257 e. The third-order valence-electron chi connectivity index (χ3n) is 3.73. The zero-order valence-electron chi connectivity index (χ0n) is 14.8. The molecule has 1 amide bonds. The summed E-state index contributed by atoms with van der Waals surface area (Å²) in [5, 5.41) is 2.80. The Balaban J connectivity index is 2.17. The zero-order valence-corrected chi connectivity index (χ0v) is 14.8. The van der Waals surface area contributed by atoms with E-state index in [1.165, 1.54) is 25.4 Å². The fraction of sp³-hybridized carbons (Fsp3) is 0.368. The van der Waals surface area contributed by atoms with Crippen LogP contribution in [-0.2, 0) is 6.54 Å². The molecule has 5 nitrogen and oxygen atoms in total. The topological polar surface area (TPSA) is 60.5 Å². The largest absolute Gasteiger partial charge is 0.491 e. The van der Waals surface area contributed by atoms with Gasteiger partial charge in [0.1, 0.15) is 11.4 Å². The van der Waals surface area contributed by atoms with Crippen molar-refractivity contribution in [3.63, 3.8) is 0 Å². The minimum atomic E-state index is -0.318. The van der Waals surface area contributed by atoms with Crippen molar-refractivity contribution in [1.29, 1.82) is 0 Å². The van der Waals surface area contributed by atoms with Gasteiger partial charge in [-0.15, -0.1) is 0 Å². The number of amides is 1. The van der Waals surface area contributed by atoms with Gasteiger partial charge < -0.3 is 14.8 Å². The fourth-order valence-electron chi connectivity index (χ4n) is 2.31. The van der Waals surface area contributed by atoms with Crippen LogP contribution in [0, 0.1) is 12.7 Å². The standard InChI is InChI=1S/C19H23FN2O3/c1-4-5-10-25-18-16(12-21-13(2)17(18)24-3)19(23)22-11-14-6-8-15(20)9-7-14/h6-9,12H,4-5,10-11H2,1-3H3,(H,22,23). The molecule has 0 aliphatic heterocycles. The maximum Gasteiger partial charge on any atom is 0.257 e. The van der Waals surface area contributed by atoms with Gasteiger partial charge in [-0.1, -0.05) is 25.5 Å². The SMILES string of the molecule is CCCCOc1c(C(=O)NCc2ccc(F)cc2)cnc(C)c1OC. The number of unbranched alkanes of at least 4 members (excludes halogenated alkanes) is 1. The van der Waals surface area contributed by atoms with Gasteiger partial charge in [0, 0.05) is 12.7 Å². The third-order valence-corrected chi connectivity index (χ3v) is 3.73. The number of hydrogen-bond donors (Lipinski definition) is 1. The number of methoxy groups -OCH3 is 1. The molecular formula is C19H23FN2O3. The van der Waals surface area contributed by atoms with Crippen LogP contribution < -0.4 is 14.8 Å². The summed E-state index contributed by atoms with van der Waals surface area (Å²) in [6.07, 6.45) is 3.35. The number of carbonyl (C=O) groups is 1. The molecule has 0 aliphatic rings. The summed E-state index contributed by atoms with van der Waals surface area (Å²) in [4.78, 5) is 16.8. The van der Waals surface area contributed by atoms with Gasteiger partial charge >= 0.3 is 0 Å². The number of hydrogen-bond acceptors (Lipinski definition) is 4. The molecule has 0 saturated heterocycles. The number of carbonyl (C=O) groups excluding carboxylic acids is 1. The Hall–Kier alpha value is -2.63. The van der Waals surface area contributed by atoms with Crippen molar-refractivity contribution < 1.29 is 18.7 Å². The van der Waals surface area contributed by atoms with Crippen LogP contribution in [0.15, 0.2) is 30.5 Å². The van der Waals surface area contributed by atoms with Crippen LogP contribution in [0.5, 0.6) is 11.5 Å². The average Bonchev–Trinajstić information content (AvgIpc) is 2.61. The number of pyridine rings is 1. The molecule has 0 unspecified atom stereocenters. The second-order valence-corrected chi connectivity index (χ2v) is 5.63. The van der Waals surface area contributed by atoms with Crippen LogP contribution in [0.4, 0.5) is 4.39 Å². The Bertz CT molecular complexity index is 717. The van der Waals surface area contributed by atoms with Crippen molar-refractivity contribution in [2.75, 3.05) is 13.7 Å². The molecule has 0 radical (unpaired) electrons. The van der Waals surface area contributed by atoms with Crippen molar-refractivity contribution >= 4 is 5.91 Å². The van der Waals surface area contributed by atoms with Crippen LogP contribution in [0.2, 0.25) is 0 Å². The second-order valence-electron chi connectivity index (χ2n) is 5.63. The van der Waals surface area contributed by atoms with Crippen molar-refractivity contribution in [3.8, 4) is 11.5 Å². The number of aryl methyl sites for hydroxylation is 1. The first-order valence-corrected chi connectivity index (χ1v) is 8.25. The van der Waals surface area contributed by atoms with Gasteiger partial charge in [-0.3, -0.25) is 9.78 Å². The number of nitrogens with zero attached hydrogens (tertiary/aromatic N) is 1. The molecule has 1 aromatic carbocycles. The van der Waals surface area contributed by atoms with E-state index >= 15 is 0 Å². The molecule has 1 N–H and O–H groups in total. The molecule has 25 heavy (non-hydrogen) atoms. The van der Waals surface area contributed by atoms with E-state index in [4.69, 9.17) is 9.47 Å². The Kier molecular flexibility index (Phi) is 6.74. The lowest BCUT2D eigenvalue weighted by Gasteiger charge is -2.16. The minimum Gasteiger partial charge on any atom is -0.491 e. The number of aromatic nitrogens is 1. The van der Waals surface area contributed by atoms with Gasteiger partial charge in [-0.25, -0.2) is 4.39 Å². The molecule has 0 spiro atoms. The fourth-order valence-corrected chi connectivity index (χ4v) is 2.31. The summed E-state index contributed by atoms with van der Waals surface area (Å²) in [7, 11) is 1.52. The first-order valence-electron chi connectivity index (χ1n) is 8.25. The van der Waals surface area contributed by atoms with Crippen LogP contribution in [-0.4, -0.2) is 24.6 Å². The van der Waals surface area contributed by atoms with Gasteiger partial charge in [-0.2, -0.15) is 0 Å². The normalized spacial score (nSPS) is 10.4. The molecule has 0 aliphatic carbocycles. The van der Waals surface area contributed by atoms with E-state index in [9.17, 15) is 9.18 Å². The molecule has 6 heteroatoms. The van der Waals surface area contributed by atoms with Crippen LogP contribution >= 0.6 is 0 Å². The molecule has 1 heterocycles. The van der Waals surface area contributed by atoms with Crippen molar-refractivity contribution in [3.05, 3.63) is 53.1 Å². The average molecular weight is 346 g/mol. The predicted octanol–water partition coefficient (Wildman–Crippen LogP) is 3.65. The number of ether oxygens (including phenoxy) is 2. The highest BCUT2D eigenvalue weighted by Gasteiger charge is 2.20. The van der Waals surface area contributed by atoms with E-state index in [1.54, 1.807) is 19.1 Å².